The van der Waals surface area contributed by atoms with Crippen LogP contribution in [0, 0.1) is 5.92 Å². The van der Waals surface area contributed by atoms with Crippen LogP contribution in [0.2, 0.25) is 5.02 Å². The van der Waals surface area contributed by atoms with Gasteiger partial charge >= 0.3 is 6.18 Å². The molecule has 1 aliphatic rings. The SMILES string of the molecule is C[C@@H]1CS(=O)(=O)N(c2ccc(S(=O)(=O)Nc3ccc(Cl)cc3C(F)(F)F)cc2)C1=O. The van der Waals surface area contributed by atoms with Crippen LogP contribution < -0.4 is 9.03 Å². The molecule has 162 valence electrons. The van der Waals surface area contributed by atoms with Crippen LogP contribution in [0.3, 0.4) is 0 Å². The Kier molecular flexibility index (Phi) is 5.54. The number of alkyl halides is 3. The van der Waals surface area contributed by atoms with E-state index in [0.717, 1.165) is 36.4 Å². The largest absolute Gasteiger partial charge is 0.418 e. The molecule has 1 atom stereocenters. The van der Waals surface area contributed by atoms with Crippen molar-refractivity contribution < 1.29 is 34.8 Å². The van der Waals surface area contributed by atoms with E-state index in [0.29, 0.717) is 10.4 Å². The average Bonchev–Trinajstić information content (AvgIpc) is 2.82. The second-order valence-corrected chi connectivity index (χ2v) is 10.6. The van der Waals surface area contributed by atoms with Crippen LogP contribution in [0.25, 0.3) is 0 Å². The zero-order valence-corrected chi connectivity index (χ0v) is 17.5. The standard InChI is InChI=1S/C17H14ClF3N2O5S2/c1-10-9-29(25,26)23(16(10)24)12-3-5-13(6-4-12)30(27,28)22-15-7-2-11(18)8-14(15)17(19,20)21/h2-8,10,22H,9H2,1H3/t10-/m1/s1. The number of halogens is 4. The third kappa shape index (κ3) is 4.25. The number of hydrogen-bond donors (Lipinski definition) is 1. The monoisotopic (exact) mass is 482 g/mol. The third-order valence-electron chi connectivity index (χ3n) is 4.27. The quantitative estimate of drug-likeness (QED) is 0.719. The van der Waals surface area contributed by atoms with E-state index >= 15 is 0 Å². The summed E-state index contributed by atoms with van der Waals surface area (Å²) in [6.45, 7) is 1.45. The van der Waals surface area contributed by atoms with Crippen LogP contribution in [0.5, 0.6) is 0 Å². The molecule has 1 saturated heterocycles. The first-order valence-electron chi connectivity index (χ1n) is 8.29. The number of benzene rings is 2. The first-order valence-corrected chi connectivity index (χ1v) is 11.8. The predicted octanol–water partition coefficient (Wildman–Crippen LogP) is 3.47. The van der Waals surface area contributed by atoms with E-state index in [1.807, 2.05) is 4.72 Å². The molecule has 0 radical (unpaired) electrons. The summed E-state index contributed by atoms with van der Waals surface area (Å²) in [5.74, 6) is -1.77. The number of sulfonamides is 2. The second-order valence-electron chi connectivity index (χ2n) is 6.57. The molecule has 0 unspecified atom stereocenters. The summed E-state index contributed by atoms with van der Waals surface area (Å²) in [6, 6.07) is 6.74. The first kappa shape index (κ1) is 22.4. The molecule has 7 nitrogen and oxygen atoms in total. The maximum atomic E-state index is 13.2. The third-order valence-corrected chi connectivity index (χ3v) is 7.76. The molecule has 2 aromatic carbocycles. The van der Waals surface area contributed by atoms with Gasteiger partial charge in [-0.15, -0.1) is 0 Å². The van der Waals surface area contributed by atoms with Gasteiger partial charge in [-0.25, -0.2) is 21.1 Å². The topological polar surface area (TPSA) is 101 Å². The Hall–Kier alpha value is -2.31. The molecule has 0 aliphatic carbocycles. The molecule has 1 N–H and O–H groups in total. The number of nitrogens with one attached hydrogen (secondary N) is 1. The summed E-state index contributed by atoms with van der Waals surface area (Å²) in [5.41, 5.74) is -2.05. The van der Waals surface area contributed by atoms with Crippen molar-refractivity contribution >= 4 is 48.9 Å². The van der Waals surface area contributed by atoms with Crippen molar-refractivity contribution in [1.82, 2.24) is 0 Å². The van der Waals surface area contributed by atoms with E-state index in [-0.39, 0.29) is 16.5 Å². The molecule has 1 aliphatic heterocycles. The molecule has 1 amide bonds. The van der Waals surface area contributed by atoms with Crippen molar-refractivity contribution in [2.75, 3.05) is 14.8 Å². The second kappa shape index (κ2) is 7.43. The van der Waals surface area contributed by atoms with Gasteiger partial charge in [0, 0.05) is 5.02 Å². The van der Waals surface area contributed by atoms with Gasteiger partial charge in [0.15, 0.2) is 0 Å². The van der Waals surface area contributed by atoms with Crippen LogP contribution in [-0.2, 0) is 31.0 Å². The van der Waals surface area contributed by atoms with E-state index in [1.54, 1.807) is 0 Å². The Morgan fingerprint density at radius 3 is 2.23 bits per heavy atom. The Balaban J connectivity index is 1.93. The summed E-state index contributed by atoms with van der Waals surface area (Å²) in [7, 11) is -8.33. The Bertz CT molecular complexity index is 1210. The number of carbonyl (C=O) groups excluding carboxylic acids is 1. The minimum atomic E-state index is -4.85. The van der Waals surface area contributed by atoms with Gasteiger partial charge in [0.05, 0.1) is 33.5 Å². The highest BCUT2D eigenvalue weighted by molar-refractivity contribution is 7.94. The molecule has 1 heterocycles. The minimum absolute atomic E-state index is 0.0641. The van der Waals surface area contributed by atoms with Crippen molar-refractivity contribution in [2.24, 2.45) is 5.92 Å². The zero-order valence-electron chi connectivity index (χ0n) is 15.1. The number of rotatable bonds is 4. The number of anilines is 2. The minimum Gasteiger partial charge on any atom is -0.279 e. The van der Waals surface area contributed by atoms with Crippen LogP contribution in [-0.4, -0.2) is 28.5 Å². The highest BCUT2D eigenvalue weighted by atomic mass is 35.5. The van der Waals surface area contributed by atoms with Crippen molar-refractivity contribution in [3.05, 3.63) is 53.1 Å². The van der Waals surface area contributed by atoms with E-state index in [1.165, 1.54) is 6.92 Å². The fourth-order valence-electron chi connectivity index (χ4n) is 2.89. The van der Waals surface area contributed by atoms with Gasteiger partial charge in [0.2, 0.25) is 15.9 Å². The van der Waals surface area contributed by atoms with E-state index in [2.05, 4.69) is 0 Å². The highest BCUT2D eigenvalue weighted by Gasteiger charge is 2.42. The van der Waals surface area contributed by atoms with Crippen molar-refractivity contribution in [2.45, 2.75) is 18.0 Å². The van der Waals surface area contributed by atoms with Crippen LogP contribution >= 0.6 is 11.6 Å². The van der Waals surface area contributed by atoms with Crippen LogP contribution in [0.4, 0.5) is 24.5 Å². The molecule has 0 aromatic heterocycles. The van der Waals surface area contributed by atoms with E-state index in [4.69, 9.17) is 11.6 Å². The molecular weight excluding hydrogens is 469 g/mol. The van der Waals surface area contributed by atoms with Gasteiger partial charge in [-0.3, -0.25) is 9.52 Å². The molecule has 0 bridgehead atoms. The molecule has 0 spiro atoms. The molecule has 0 saturated carbocycles. The molecular formula is C17H14ClF3N2O5S2. The number of hydrogen-bond acceptors (Lipinski definition) is 5. The van der Waals surface area contributed by atoms with Crippen molar-refractivity contribution in [1.29, 1.82) is 0 Å². The Morgan fingerprint density at radius 2 is 1.73 bits per heavy atom. The number of amides is 1. The zero-order chi connectivity index (χ0) is 22.5. The Morgan fingerprint density at radius 1 is 1.13 bits per heavy atom. The molecule has 3 rings (SSSR count). The van der Waals surface area contributed by atoms with Gasteiger partial charge in [-0.05, 0) is 42.5 Å². The van der Waals surface area contributed by atoms with Gasteiger partial charge in [-0.2, -0.15) is 13.2 Å². The average molecular weight is 483 g/mol. The fraction of sp³-hybridized carbons (Fsp3) is 0.235. The first-order chi connectivity index (χ1) is 13.7. The van der Waals surface area contributed by atoms with E-state index in [9.17, 15) is 34.8 Å². The van der Waals surface area contributed by atoms with Gasteiger partial charge in [0.1, 0.15) is 0 Å². The van der Waals surface area contributed by atoms with Gasteiger partial charge in [0.25, 0.3) is 10.0 Å². The predicted molar refractivity (Wildman–Crippen MR) is 104 cm³/mol. The smallest absolute Gasteiger partial charge is 0.279 e. The molecule has 30 heavy (non-hydrogen) atoms. The van der Waals surface area contributed by atoms with Crippen LogP contribution in [0.1, 0.15) is 12.5 Å². The summed E-state index contributed by atoms with van der Waals surface area (Å²) >= 11 is 5.58. The number of nitrogens with zero attached hydrogens (tertiary/aromatic N) is 1. The van der Waals surface area contributed by atoms with Gasteiger partial charge < -0.3 is 0 Å². The maximum absolute atomic E-state index is 13.2. The normalized spacial score (nSPS) is 19.2. The fourth-order valence-corrected chi connectivity index (χ4v) is 5.96. The van der Waals surface area contributed by atoms with Crippen LogP contribution in [0.15, 0.2) is 47.4 Å². The lowest BCUT2D eigenvalue weighted by Crippen LogP contribution is -2.30. The highest BCUT2D eigenvalue weighted by Crippen LogP contribution is 2.37. The maximum Gasteiger partial charge on any atom is 0.418 e. The Labute approximate surface area is 175 Å². The van der Waals surface area contributed by atoms with E-state index < -0.39 is 54.2 Å². The number of carbonyl (C=O) groups is 1. The lowest BCUT2D eigenvalue weighted by molar-refractivity contribution is -0.136. The summed E-state index contributed by atoms with van der Waals surface area (Å²) in [4.78, 5) is 11.7. The molecule has 13 heteroatoms. The summed E-state index contributed by atoms with van der Waals surface area (Å²) < 4.78 is 91.3. The molecule has 2 aromatic rings. The lowest BCUT2D eigenvalue weighted by Gasteiger charge is -2.17. The summed E-state index contributed by atoms with van der Waals surface area (Å²) in [5, 5.41) is -0.222. The lowest BCUT2D eigenvalue weighted by atomic mass is 10.2. The van der Waals surface area contributed by atoms with Crippen molar-refractivity contribution in [3.8, 4) is 0 Å². The summed E-state index contributed by atoms with van der Waals surface area (Å²) in [6.07, 6.45) is -4.85. The van der Waals surface area contributed by atoms with Gasteiger partial charge in [-0.1, -0.05) is 18.5 Å². The van der Waals surface area contributed by atoms with Crippen molar-refractivity contribution in [3.63, 3.8) is 0 Å². The molecule has 1 fully saturated rings.